The lowest BCUT2D eigenvalue weighted by Crippen LogP contribution is -2.61. The molecule has 0 unspecified atom stereocenters. The van der Waals surface area contributed by atoms with Crippen molar-refractivity contribution in [2.45, 2.75) is 63.7 Å². The highest BCUT2D eigenvalue weighted by molar-refractivity contribution is 9.10. The summed E-state index contributed by atoms with van der Waals surface area (Å²) < 4.78 is 34.7. The monoisotopic (exact) mass is 663 g/mol. The number of hydrogen-bond donors (Lipinski definition) is 1. The number of piperazine rings is 1. The SMILES string of the molecule is CC(=O)N1C[C@H]2CC(c3ccc(CCCOc4cc(F)ccc4Br)cc3)=C(C(=O)N(Cc3ccccc3F)C3CC3)[C@@H](C1)N2. The summed E-state index contributed by atoms with van der Waals surface area (Å²) in [7, 11) is 0. The molecule has 2 atom stereocenters. The Morgan fingerprint density at radius 2 is 1.82 bits per heavy atom. The molecule has 1 aliphatic carbocycles. The minimum absolute atomic E-state index is 0.000226. The van der Waals surface area contributed by atoms with Gasteiger partial charge in [-0.15, -0.1) is 0 Å². The quantitative estimate of drug-likeness (QED) is 0.260. The van der Waals surface area contributed by atoms with Crippen LogP contribution in [0.3, 0.4) is 0 Å². The first-order chi connectivity index (χ1) is 21.3. The first-order valence-corrected chi connectivity index (χ1v) is 16.0. The van der Waals surface area contributed by atoms with Gasteiger partial charge in [-0.2, -0.15) is 0 Å². The van der Waals surface area contributed by atoms with E-state index in [1.807, 2.05) is 9.80 Å². The minimum atomic E-state index is -0.338. The van der Waals surface area contributed by atoms with Gasteiger partial charge < -0.3 is 19.9 Å². The molecule has 6 nitrogen and oxygen atoms in total. The van der Waals surface area contributed by atoms with Crippen LogP contribution in [0.2, 0.25) is 0 Å². The third-order valence-electron chi connectivity index (χ3n) is 8.69. The number of amides is 2. The largest absolute Gasteiger partial charge is 0.492 e. The first kappa shape index (κ1) is 30.5. The van der Waals surface area contributed by atoms with Crippen LogP contribution in [0.5, 0.6) is 5.75 Å². The van der Waals surface area contributed by atoms with Crippen LogP contribution in [0.1, 0.15) is 49.3 Å². The summed E-state index contributed by atoms with van der Waals surface area (Å²) in [6, 6.07) is 19.2. The fraction of sp³-hybridized carbons (Fsp3) is 0.371. The summed E-state index contributed by atoms with van der Waals surface area (Å²) in [5.41, 5.74) is 4.31. The number of ether oxygens (including phenoxy) is 1. The molecule has 0 spiro atoms. The Bertz CT molecular complexity index is 1570. The molecule has 2 bridgehead atoms. The number of carbonyl (C=O) groups excluding carboxylic acids is 2. The summed E-state index contributed by atoms with van der Waals surface area (Å²) in [5.74, 6) is -0.252. The maximum absolute atomic E-state index is 14.7. The number of fused-ring (bicyclic) bond motifs is 2. The standard InChI is InChI=1S/C35H36BrF2N3O3/c1-22(42)40-20-27-18-29(24-10-8-23(9-11-24)5-4-16-44-33-17-26(37)12-15-30(33)36)34(32(21-40)39-27)35(43)41(28-13-14-28)19-25-6-2-3-7-31(25)38/h2-3,6-12,15,17,27-28,32,39H,4-5,13-14,16,18-21H2,1H3/t27-,32-/m1/s1. The zero-order valence-electron chi connectivity index (χ0n) is 24.7. The van der Waals surface area contributed by atoms with Crippen LogP contribution in [0.4, 0.5) is 8.78 Å². The van der Waals surface area contributed by atoms with E-state index in [9.17, 15) is 18.4 Å². The third kappa shape index (κ3) is 6.89. The summed E-state index contributed by atoms with van der Waals surface area (Å²) >= 11 is 3.39. The molecule has 2 fully saturated rings. The molecule has 2 amide bonds. The Morgan fingerprint density at radius 1 is 1.05 bits per heavy atom. The van der Waals surface area contributed by atoms with E-state index in [0.29, 0.717) is 47.5 Å². The molecular formula is C35H36BrF2N3O3. The molecule has 44 heavy (non-hydrogen) atoms. The molecule has 3 aromatic carbocycles. The zero-order valence-corrected chi connectivity index (χ0v) is 26.3. The predicted octanol–water partition coefficient (Wildman–Crippen LogP) is 6.28. The van der Waals surface area contributed by atoms with Crippen molar-refractivity contribution in [3.63, 3.8) is 0 Å². The maximum Gasteiger partial charge on any atom is 0.252 e. The second-order valence-corrected chi connectivity index (χ2v) is 12.8. The fourth-order valence-electron chi connectivity index (χ4n) is 6.26. The van der Waals surface area contributed by atoms with Gasteiger partial charge in [-0.05, 0) is 82.9 Å². The molecule has 1 saturated heterocycles. The average Bonchev–Trinajstić information content (AvgIpc) is 3.85. The van der Waals surface area contributed by atoms with Crippen LogP contribution in [0.15, 0.2) is 76.8 Å². The Hall–Kier alpha value is -3.56. The number of nitrogens with one attached hydrogen (secondary N) is 1. The lowest BCUT2D eigenvalue weighted by atomic mass is 9.82. The highest BCUT2D eigenvalue weighted by Crippen LogP contribution is 2.37. The van der Waals surface area contributed by atoms with Gasteiger partial charge in [-0.3, -0.25) is 9.59 Å². The number of carbonyl (C=O) groups is 2. The molecule has 3 aromatic rings. The summed E-state index contributed by atoms with van der Waals surface area (Å²) in [6.45, 7) is 3.26. The summed E-state index contributed by atoms with van der Waals surface area (Å²) in [6.07, 6.45) is 3.97. The van der Waals surface area contributed by atoms with Gasteiger partial charge >= 0.3 is 0 Å². The Morgan fingerprint density at radius 3 is 2.55 bits per heavy atom. The van der Waals surface area contributed by atoms with E-state index >= 15 is 0 Å². The van der Waals surface area contributed by atoms with E-state index in [1.165, 1.54) is 18.2 Å². The number of aryl methyl sites for hydroxylation is 1. The number of nitrogens with zero attached hydrogens (tertiary/aromatic N) is 2. The van der Waals surface area contributed by atoms with Crippen molar-refractivity contribution in [2.75, 3.05) is 19.7 Å². The summed E-state index contributed by atoms with van der Waals surface area (Å²) in [5, 5.41) is 3.61. The lowest BCUT2D eigenvalue weighted by molar-refractivity contribution is -0.132. The topological polar surface area (TPSA) is 61.9 Å². The van der Waals surface area contributed by atoms with Crippen molar-refractivity contribution in [1.29, 1.82) is 0 Å². The summed E-state index contributed by atoms with van der Waals surface area (Å²) in [4.78, 5) is 30.4. The molecule has 0 aromatic heterocycles. The van der Waals surface area contributed by atoms with E-state index in [2.05, 4.69) is 45.5 Å². The maximum atomic E-state index is 14.7. The van der Waals surface area contributed by atoms with E-state index in [4.69, 9.17) is 4.74 Å². The van der Waals surface area contributed by atoms with Crippen LogP contribution >= 0.6 is 15.9 Å². The van der Waals surface area contributed by atoms with Gasteiger partial charge in [0.2, 0.25) is 5.91 Å². The van der Waals surface area contributed by atoms with Gasteiger partial charge in [0.25, 0.3) is 5.91 Å². The molecule has 0 radical (unpaired) electrons. The van der Waals surface area contributed by atoms with Crippen molar-refractivity contribution in [3.8, 4) is 5.75 Å². The Kier molecular flexibility index (Phi) is 9.14. The average molecular weight is 665 g/mol. The van der Waals surface area contributed by atoms with Gasteiger partial charge in [0.1, 0.15) is 17.4 Å². The normalized spacial score (nSPS) is 19.6. The molecule has 1 N–H and O–H groups in total. The number of benzene rings is 3. The smallest absolute Gasteiger partial charge is 0.252 e. The molecule has 1 saturated carbocycles. The molecule has 2 heterocycles. The molecule has 3 aliphatic rings. The number of rotatable bonds is 10. The van der Waals surface area contributed by atoms with E-state index < -0.39 is 0 Å². The third-order valence-corrected chi connectivity index (χ3v) is 9.35. The lowest BCUT2D eigenvalue weighted by Gasteiger charge is -2.44. The number of hydrogen-bond acceptors (Lipinski definition) is 4. The molecule has 9 heteroatoms. The van der Waals surface area contributed by atoms with Crippen LogP contribution in [-0.2, 0) is 22.6 Å². The van der Waals surface area contributed by atoms with Crippen molar-refractivity contribution >= 4 is 33.3 Å². The second kappa shape index (κ2) is 13.2. The second-order valence-electron chi connectivity index (χ2n) is 11.9. The molecule has 6 rings (SSSR count). The van der Waals surface area contributed by atoms with Gasteiger partial charge in [-0.25, -0.2) is 8.78 Å². The van der Waals surface area contributed by atoms with E-state index in [0.717, 1.165) is 42.4 Å². The van der Waals surface area contributed by atoms with Crippen LogP contribution < -0.4 is 10.1 Å². The minimum Gasteiger partial charge on any atom is -0.492 e. The van der Waals surface area contributed by atoms with Crippen molar-refractivity contribution < 1.29 is 23.1 Å². The van der Waals surface area contributed by atoms with Crippen LogP contribution in [-0.4, -0.2) is 59.4 Å². The van der Waals surface area contributed by atoms with Gasteiger partial charge in [0, 0.05) is 55.8 Å². The van der Waals surface area contributed by atoms with Crippen LogP contribution in [0, 0.1) is 11.6 Å². The van der Waals surface area contributed by atoms with Crippen molar-refractivity contribution in [2.24, 2.45) is 0 Å². The highest BCUT2D eigenvalue weighted by Gasteiger charge is 2.43. The van der Waals surface area contributed by atoms with Crippen LogP contribution in [0.25, 0.3) is 5.57 Å². The fourth-order valence-corrected chi connectivity index (χ4v) is 6.62. The first-order valence-electron chi connectivity index (χ1n) is 15.2. The van der Waals surface area contributed by atoms with Gasteiger partial charge in [0.15, 0.2) is 0 Å². The molecular weight excluding hydrogens is 628 g/mol. The number of halogens is 3. The van der Waals surface area contributed by atoms with Crippen molar-refractivity contribution in [3.05, 3.63) is 105 Å². The highest BCUT2D eigenvalue weighted by atomic mass is 79.9. The van der Waals surface area contributed by atoms with Gasteiger partial charge in [0.05, 0.1) is 17.1 Å². The predicted molar refractivity (Wildman–Crippen MR) is 169 cm³/mol. The molecule has 230 valence electrons. The zero-order chi connectivity index (χ0) is 30.8. The Balaban J connectivity index is 1.23. The molecule has 2 aliphatic heterocycles. The van der Waals surface area contributed by atoms with E-state index in [1.54, 1.807) is 31.2 Å². The van der Waals surface area contributed by atoms with Gasteiger partial charge in [-0.1, -0.05) is 42.5 Å². The Labute approximate surface area is 265 Å². The van der Waals surface area contributed by atoms with E-state index in [-0.39, 0.29) is 48.1 Å². The van der Waals surface area contributed by atoms with Crippen molar-refractivity contribution in [1.82, 2.24) is 15.1 Å².